The first-order valence-corrected chi connectivity index (χ1v) is 17.5. The average molecular weight is 672 g/mol. The number of benzene rings is 2. The summed E-state index contributed by atoms with van der Waals surface area (Å²) in [6, 6.07) is 12.9. The van der Waals surface area contributed by atoms with Crippen LogP contribution in [0.4, 0.5) is 24.5 Å². The lowest BCUT2D eigenvalue weighted by atomic mass is 9.95. The molecule has 2 aliphatic rings. The van der Waals surface area contributed by atoms with Crippen LogP contribution in [0.3, 0.4) is 0 Å². The van der Waals surface area contributed by atoms with Gasteiger partial charge in [0, 0.05) is 36.6 Å². The molecule has 0 spiro atoms. The van der Waals surface area contributed by atoms with Gasteiger partial charge >= 0.3 is 6.18 Å². The maximum absolute atomic E-state index is 13.7. The minimum atomic E-state index is -4.90. The topological polar surface area (TPSA) is 98.2 Å². The minimum Gasteiger partial charge on any atom is -0.376 e. The Labute approximate surface area is 262 Å². The summed E-state index contributed by atoms with van der Waals surface area (Å²) in [7, 11) is -7.89. The predicted molar refractivity (Wildman–Crippen MR) is 171 cm³/mol. The number of piperazine rings is 1. The number of nitrogens with zero attached hydrogens (tertiary/aromatic N) is 3. The number of hydrogen-bond acceptors (Lipinski definition) is 7. The molecule has 240 valence electrons. The predicted octanol–water partition coefficient (Wildman–Crippen LogP) is 4.98. The first-order chi connectivity index (χ1) is 20.4. The number of hydrogen-bond donors (Lipinski definition) is 1. The number of thiocarbonyl (C=S) groups is 1. The number of halogens is 3. The summed E-state index contributed by atoms with van der Waals surface area (Å²) in [5.41, 5.74) is -2.57. The van der Waals surface area contributed by atoms with Crippen molar-refractivity contribution in [3.05, 3.63) is 83.3 Å². The van der Waals surface area contributed by atoms with E-state index in [4.69, 9.17) is 12.2 Å². The highest BCUT2D eigenvalue weighted by atomic mass is 32.2. The van der Waals surface area contributed by atoms with Crippen LogP contribution in [0.1, 0.15) is 32.8 Å². The molecule has 0 bridgehead atoms. The molecule has 2 aromatic rings. The third-order valence-corrected chi connectivity index (χ3v) is 12.2. The molecule has 2 aromatic carbocycles. The molecule has 0 amide bonds. The molecule has 0 aromatic heterocycles. The standard InChI is InChI=1S/C30H36F3N3O5S3/c1-22(2)21-43(38,39)36(25-9-5-4-6-10-25)20-26-19-34(44(40,41)28-12-8-7-11-27(28)42)17-18-35(26)24-15-13-23(14-16-24)29(3,37)30(31,32)33/h4-10,12-16,22,26,37H,11,17-21H2,1-3H3/t26-,29+/m1/s1. The fourth-order valence-electron chi connectivity index (χ4n) is 5.25. The van der Waals surface area contributed by atoms with Gasteiger partial charge in [0.05, 0.1) is 28.9 Å². The smallest absolute Gasteiger partial charge is 0.376 e. The molecule has 1 saturated heterocycles. The first kappa shape index (κ1) is 34.1. The van der Waals surface area contributed by atoms with Crippen LogP contribution >= 0.6 is 12.2 Å². The number of rotatable bonds is 10. The van der Waals surface area contributed by atoms with E-state index in [1.807, 2.05) is 0 Å². The zero-order chi connectivity index (χ0) is 32.5. The molecule has 1 N–H and O–H groups in total. The Morgan fingerprint density at radius 3 is 2.23 bits per heavy atom. The lowest BCUT2D eigenvalue weighted by Gasteiger charge is -2.44. The summed E-state index contributed by atoms with van der Waals surface area (Å²) in [6.45, 7) is 4.18. The van der Waals surface area contributed by atoms with Crippen molar-refractivity contribution in [1.29, 1.82) is 0 Å². The quantitative estimate of drug-likeness (QED) is 0.356. The molecule has 1 heterocycles. The van der Waals surface area contributed by atoms with Gasteiger partial charge in [0.15, 0.2) is 5.60 Å². The lowest BCUT2D eigenvalue weighted by molar-refractivity contribution is -0.258. The second-order valence-electron chi connectivity index (χ2n) is 11.5. The van der Waals surface area contributed by atoms with Crippen molar-refractivity contribution in [3.63, 3.8) is 0 Å². The number of sulfonamides is 2. The van der Waals surface area contributed by atoms with Crippen LogP contribution in [-0.4, -0.2) is 75.3 Å². The van der Waals surface area contributed by atoms with Gasteiger partial charge in [-0.3, -0.25) is 4.31 Å². The van der Waals surface area contributed by atoms with E-state index in [1.54, 1.807) is 61.2 Å². The molecule has 4 rings (SSSR count). The third kappa shape index (κ3) is 7.20. The van der Waals surface area contributed by atoms with Gasteiger partial charge in [-0.2, -0.15) is 17.5 Å². The van der Waals surface area contributed by atoms with Crippen molar-refractivity contribution in [2.24, 2.45) is 5.92 Å². The molecule has 1 fully saturated rings. The van der Waals surface area contributed by atoms with E-state index in [-0.39, 0.29) is 53.2 Å². The summed E-state index contributed by atoms with van der Waals surface area (Å²) in [6.07, 6.45) is 0.258. The van der Waals surface area contributed by atoms with Crippen LogP contribution in [0, 0.1) is 5.92 Å². The fourth-order valence-corrected chi connectivity index (χ4v) is 9.19. The summed E-state index contributed by atoms with van der Waals surface area (Å²) in [4.78, 5) is 2.10. The van der Waals surface area contributed by atoms with Crippen molar-refractivity contribution in [3.8, 4) is 0 Å². The van der Waals surface area contributed by atoms with E-state index < -0.39 is 37.9 Å². The largest absolute Gasteiger partial charge is 0.421 e. The number of aliphatic hydroxyl groups is 1. The Balaban J connectivity index is 1.75. The fraction of sp³-hybridized carbons (Fsp3) is 0.433. The van der Waals surface area contributed by atoms with E-state index in [0.29, 0.717) is 24.7 Å². The van der Waals surface area contributed by atoms with Gasteiger partial charge in [0.25, 0.3) is 0 Å². The highest BCUT2D eigenvalue weighted by Crippen LogP contribution is 2.39. The molecule has 8 nitrogen and oxygen atoms in total. The monoisotopic (exact) mass is 671 g/mol. The summed E-state index contributed by atoms with van der Waals surface area (Å²) >= 11 is 5.34. The van der Waals surface area contributed by atoms with Crippen molar-refractivity contribution in [2.75, 3.05) is 41.1 Å². The maximum atomic E-state index is 13.7. The Morgan fingerprint density at radius 2 is 1.66 bits per heavy atom. The molecular formula is C30H36F3N3O5S3. The lowest BCUT2D eigenvalue weighted by Crippen LogP contribution is -2.59. The Kier molecular flexibility index (Phi) is 10.0. The zero-order valence-electron chi connectivity index (χ0n) is 24.6. The number of anilines is 2. The number of allylic oxidation sites excluding steroid dienone is 4. The molecule has 0 radical (unpaired) electrons. The third-order valence-electron chi connectivity index (χ3n) is 7.64. The van der Waals surface area contributed by atoms with Gasteiger partial charge < -0.3 is 10.0 Å². The number of para-hydroxylation sites is 1. The normalized spacial score (nSPS) is 20.0. The van der Waals surface area contributed by atoms with Gasteiger partial charge in [-0.05, 0) is 48.7 Å². The van der Waals surface area contributed by atoms with Gasteiger partial charge in [0.1, 0.15) is 0 Å². The zero-order valence-corrected chi connectivity index (χ0v) is 27.1. The van der Waals surface area contributed by atoms with Crippen LogP contribution in [0.25, 0.3) is 0 Å². The van der Waals surface area contributed by atoms with Crippen LogP contribution in [0.15, 0.2) is 77.7 Å². The summed E-state index contributed by atoms with van der Waals surface area (Å²) in [5, 5.41) is 10.1. The van der Waals surface area contributed by atoms with Gasteiger partial charge in [0.2, 0.25) is 20.0 Å². The molecule has 1 aliphatic carbocycles. The molecule has 14 heteroatoms. The van der Waals surface area contributed by atoms with E-state index in [2.05, 4.69) is 0 Å². The highest BCUT2D eigenvalue weighted by Gasteiger charge is 2.51. The van der Waals surface area contributed by atoms with Crippen LogP contribution in [0.5, 0.6) is 0 Å². The van der Waals surface area contributed by atoms with Crippen LogP contribution < -0.4 is 9.21 Å². The van der Waals surface area contributed by atoms with Crippen molar-refractivity contribution >= 4 is 48.5 Å². The molecule has 44 heavy (non-hydrogen) atoms. The summed E-state index contributed by atoms with van der Waals surface area (Å²) in [5.74, 6) is -0.336. The molecule has 1 aliphatic heterocycles. The highest BCUT2D eigenvalue weighted by molar-refractivity contribution is 7.96. The minimum absolute atomic E-state index is 0.0216. The van der Waals surface area contributed by atoms with Gasteiger partial charge in [-0.15, -0.1) is 0 Å². The van der Waals surface area contributed by atoms with Crippen molar-refractivity contribution < 1.29 is 35.1 Å². The Hall–Kier alpha value is -2.78. The molecule has 0 unspecified atom stereocenters. The van der Waals surface area contributed by atoms with E-state index in [1.165, 1.54) is 39.0 Å². The Bertz CT molecular complexity index is 1620. The van der Waals surface area contributed by atoms with Crippen molar-refractivity contribution in [1.82, 2.24) is 4.31 Å². The summed E-state index contributed by atoms with van der Waals surface area (Å²) < 4.78 is 97.8. The Morgan fingerprint density at radius 1 is 1.02 bits per heavy atom. The maximum Gasteiger partial charge on any atom is 0.421 e. The second kappa shape index (κ2) is 12.9. The number of alkyl halides is 3. The SMILES string of the molecule is CC(C)CS(=O)(=O)N(C[C@H]1CN(S(=O)(=O)C2=CC=CCC2=S)CCN1c1ccc([C@](C)(O)C(F)(F)F)cc1)c1ccccc1. The van der Waals surface area contributed by atoms with E-state index in [9.17, 15) is 35.1 Å². The van der Waals surface area contributed by atoms with Gasteiger partial charge in [-0.1, -0.05) is 68.5 Å². The molecule has 2 atom stereocenters. The first-order valence-electron chi connectivity index (χ1n) is 14.1. The van der Waals surface area contributed by atoms with Crippen molar-refractivity contribution in [2.45, 2.75) is 45.0 Å². The van der Waals surface area contributed by atoms with Crippen LogP contribution in [0.2, 0.25) is 0 Å². The van der Waals surface area contributed by atoms with Crippen LogP contribution in [-0.2, 0) is 25.6 Å². The average Bonchev–Trinajstić information content (AvgIpc) is 2.95. The van der Waals surface area contributed by atoms with E-state index in [0.717, 1.165) is 0 Å². The van der Waals surface area contributed by atoms with E-state index >= 15 is 0 Å². The van der Waals surface area contributed by atoms with Gasteiger partial charge in [-0.25, -0.2) is 16.8 Å². The second-order valence-corrected chi connectivity index (χ2v) is 15.8. The molecular weight excluding hydrogens is 636 g/mol. The molecule has 0 saturated carbocycles.